The number of hydrogen-bond acceptors (Lipinski definition) is 4. The molecule has 8 heteroatoms. The summed E-state index contributed by atoms with van der Waals surface area (Å²) in [6, 6.07) is 7.20. The highest BCUT2D eigenvalue weighted by Gasteiger charge is 2.38. The van der Waals surface area contributed by atoms with Crippen LogP contribution in [0, 0.1) is 5.92 Å². The lowest BCUT2D eigenvalue weighted by atomic mass is 9.84. The largest absolute Gasteiger partial charge is 0.490 e. The molecule has 0 amide bonds. The van der Waals surface area contributed by atoms with Crippen LogP contribution in [0.1, 0.15) is 63.0 Å². The van der Waals surface area contributed by atoms with Gasteiger partial charge in [0.25, 0.3) is 0 Å². The maximum Gasteiger partial charge on any atom is 0.420 e. The molecule has 0 heterocycles. The fourth-order valence-electron chi connectivity index (χ4n) is 4.45. The number of nitrogens with two attached hydrogens (primary N) is 1. The Kier molecular flexibility index (Phi) is 9.23. The summed E-state index contributed by atoms with van der Waals surface area (Å²) in [6.07, 6.45) is 2.26. The summed E-state index contributed by atoms with van der Waals surface area (Å²) in [6.45, 7) is 1.11. The second kappa shape index (κ2) is 11.1. The monoisotopic (exact) mass is 475 g/mol. The van der Waals surface area contributed by atoms with Crippen molar-refractivity contribution in [3.8, 4) is 5.75 Å². The molecule has 0 spiro atoms. The van der Waals surface area contributed by atoms with Crippen LogP contribution in [-0.4, -0.2) is 29.5 Å². The zero-order chi connectivity index (χ0) is 22.6. The molecular formula is C24H33ClF3NO3. The molecule has 180 valence electrons. The molecule has 3 rings (SSSR count). The van der Waals surface area contributed by atoms with Crippen LogP contribution in [0.2, 0.25) is 0 Å². The minimum Gasteiger partial charge on any atom is -0.490 e. The van der Waals surface area contributed by atoms with Gasteiger partial charge in [-0.3, -0.25) is 0 Å². The summed E-state index contributed by atoms with van der Waals surface area (Å²) in [7, 11) is 0. The van der Waals surface area contributed by atoms with Gasteiger partial charge in [0.2, 0.25) is 0 Å². The molecule has 4 nitrogen and oxygen atoms in total. The van der Waals surface area contributed by atoms with Crippen LogP contribution in [0.25, 0.3) is 10.8 Å². The first-order chi connectivity index (χ1) is 14.7. The van der Waals surface area contributed by atoms with Crippen LogP contribution in [0.15, 0.2) is 30.3 Å². The second-order valence-corrected chi connectivity index (χ2v) is 8.75. The van der Waals surface area contributed by atoms with Crippen molar-refractivity contribution < 1.29 is 28.1 Å². The van der Waals surface area contributed by atoms with E-state index in [9.17, 15) is 23.4 Å². The average molecular weight is 476 g/mol. The predicted molar refractivity (Wildman–Crippen MR) is 122 cm³/mol. The van der Waals surface area contributed by atoms with E-state index >= 15 is 0 Å². The van der Waals surface area contributed by atoms with Crippen molar-refractivity contribution >= 4 is 23.2 Å². The first-order valence-corrected chi connectivity index (χ1v) is 11.0. The van der Waals surface area contributed by atoms with Crippen molar-refractivity contribution in [2.75, 3.05) is 13.2 Å². The second-order valence-electron chi connectivity index (χ2n) is 8.75. The number of aliphatic hydroxyl groups excluding tert-OH is 2. The van der Waals surface area contributed by atoms with Crippen molar-refractivity contribution in [1.29, 1.82) is 0 Å². The standard InChI is InChI=1S/C24H32F3NO3.ClH/c1-2-3-4-16-5-9-19(10-6-16)31-21-12-7-17-13-18(23(28,14-29)15-30)8-11-20(17)22(21)24(25,26)27;/h7-8,11-13,16,19,29-30H,2-6,9-10,14-15,28H2,1H3;1H/t16-,19+;. The molecule has 1 aliphatic carbocycles. The molecular weight excluding hydrogens is 443 g/mol. The molecule has 0 radical (unpaired) electrons. The molecule has 1 fully saturated rings. The first-order valence-electron chi connectivity index (χ1n) is 11.0. The van der Waals surface area contributed by atoms with E-state index in [2.05, 4.69) is 6.92 Å². The molecule has 0 bridgehead atoms. The Balaban J connectivity index is 0.00000363. The van der Waals surface area contributed by atoms with Gasteiger partial charge in [-0.1, -0.05) is 44.4 Å². The van der Waals surface area contributed by atoms with Gasteiger partial charge in [-0.15, -0.1) is 12.4 Å². The Bertz CT molecular complexity index is 879. The van der Waals surface area contributed by atoms with Gasteiger partial charge in [0.1, 0.15) is 11.3 Å². The Morgan fingerprint density at radius 2 is 1.69 bits per heavy atom. The van der Waals surface area contributed by atoms with Gasteiger partial charge in [0, 0.05) is 0 Å². The predicted octanol–water partition coefficient (Wildman–Crippen LogP) is 5.55. The lowest BCUT2D eigenvalue weighted by Gasteiger charge is -2.30. The van der Waals surface area contributed by atoms with Gasteiger partial charge in [-0.2, -0.15) is 13.2 Å². The van der Waals surface area contributed by atoms with E-state index in [1.54, 1.807) is 6.07 Å². The van der Waals surface area contributed by atoms with Gasteiger partial charge >= 0.3 is 6.18 Å². The smallest absolute Gasteiger partial charge is 0.420 e. The Morgan fingerprint density at radius 3 is 2.25 bits per heavy atom. The van der Waals surface area contributed by atoms with Crippen LogP contribution < -0.4 is 10.5 Å². The van der Waals surface area contributed by atoms with Crippen molar-refractivity contribution in [3.63, 3.8) is 0 Å². The lowest BCUT2D eigenvalue weighted by molar-refractivity contribution is -0.138. The minimum absolute atomic E-state index is 0. The topological polar surface area (TPSA) is 75.7 Å². The number of ether oxygens (including phenoxy) is 1. The van der Waals surface area contributed by atoms with Gasteiger partial charge in [-0.05, 0) is 60.1 Å². The normalized spacial score (nSPS) is 19.6. The van der Waals surface area contributed by atoms with Gasteiger partial charge in [0.05, 0.1) is 24.9 Å². The van der Waals surface area contributed by atoms with Gasteiger partial charge < -0.3 is 20.7 Å². The number of rotatable bonds is 8. The van der Waals surface area contributed by atoms with E-state index in [4.69, 9.17) is 10.5 Å². The molecule has 0 aliphatic heterocycles. The highest BCUT2D eigenvalue weighted by molar-refractivity contribution is 5.89. The van der Waals surface area contributed by atoms with Crippen molar-refractivity contribution in [2.24, 2.45) is 11.7 Å². The van der Waals surface area contributed by atoms with Crippen molar-refractivity contribution in [1.82, 2.24) is 0 Å². The first kappa shape index (κ1) is 26.7. The molecule has 32 heavy (non-hydrogen) atoms. The zero-order valence-electron chi connectivity index (χ0n) is 18.3. The summed E-state index contributed by atoms with van der Waals surface area (Å²) < 4.78 is 47.9. The Hall–Kier alpha value is -1.54. The van der Waals surface area contributed by atoms with E-state index in [0.29, 0.717) is 16.9 Å². The molecule has 4 N–H and O–H groups in total. The number of alkyl halides is 3. The van der Waals surface area contributed by atoms with Crippen LogP contribution in [0.3, 0.4) is 0 Å². The van der Waals surface area contributed by atoms with Crippen LogP contribution in [-0.2, 0) is 11.7 Å². The maximum absolute atomic E-state index is 14.0. The molecule has 2 aromatic rings. The summed E-state index contributed by atoms with van der Waals surface area (Å²) in [5.41, 5.74) is 4.14. The van der Waals surface area contributed by atoms with Crippen molar-refractivity contribution in [2.45, 2.75) is 69.7 Å². The fraction of sp³-hybridized carbons (Fsp3) is 0.583. The molecule has 0 unspecified atom stereocenters. The zero-order valence-corrected chi connectivity index (χ0v) is 19.1. The minimum atomic E-state index is -4.58. The van der Waals surface area contributed by atoms with E-state index in [1.807, 2.05) is 0 Å². The summed E-state index contributed by atoms with van der Waals surface area (Å²) >= 11 is 0. The van der Waals surface area contributed by atoms with Crippen LogP contribution >= 0.6 is 12.4 Å². The van der Waals surface area contributed by atoms with Crippen molar-refractivity contribution in [3.05, 3.63) is 41.5 Å². The van der Waals surface area contributed by atoms with E-state index in [-0.39, 0.29) is 29.6 Å². The summed E-state index contributed by atoms with van der Waals surface area (Å²) in [4.78, 5) is 0. The molecule has 0 aromatic heterocycles. The Labute approximate surface area is 193 Å². The number of fused-ring (bicyclic) bond motifs is 1. The molecule has 0 saturated heterocycles. The molecule has 1 saturated carbocycles. The van der Waals surface area contributed by atoms with Gasteiger partial charge in [-0.25, -0.2) is 0 Å². The molecule has 2 aromatic carbocycles. The molecule has 0 atom stereocenters. The fourth-order valence-corrected chi connectivity index (χ4v) is 4.45. The number of unbranched alkanes of at least 4 members (excludes halogenated alkanes) is 1. The molecule has 1 aliphatic rings. The highest BCUT2D eigenvalue weighted by atomic mass is 35.5. The third kappa shape index (κ3) is 5.87. The number of halogens is 4. The van der Waals surface area contributed by atoms with E-state index < -0.39 is 30.5 Å². The van der Waals surface area contributed by atoms with E-state index in [1.165, 1.54) is 37.1 Å². The number of benzene rings is 2. The maximum atomic E-state index is 14.0. The summed E-state index contributed by atoms with van der Waals surface area (Å²) in [5, 5.41) is 19.4. The quantitative estimate of drug-likeness (QED) is 0.468. The average Bonchev–Trinajstić information content (AvgIpc) is 2.76. The van der Waals surface area contributed by atoms with Gasteiger partial charge in [0.15, 0.2) is 0 Å². The van der Waals surface area contributed by atoms with Crippen LogP contribution in [0.5, 0.6) is 5.75 Å². The lowest BCUT2D eigenvalue weighted by Crippen LogP contribution is -2.44. The van der Waals surface area contributed by atoms with E-state index in [0.717, 1.165) is 32.1 Å². The number of hydrogen-bond donors (Lipinski definition) is 3. The number of aliphatic hydroxyl groups is 2. The summed E-state index contributed by atoms with van der Waals surface area (Å²) in [5.74, 6) is 0.500. The van der Waals surface area contributed by atoms with Crippen LogP contribution in [0.4, 0.5) is 13.2 Å². The SMILES string of the molecule is CCCC[C@H]1CC[C@@H](Oc2ccc3cc(C(N)(CO)CO)ccc3c2C(F)(F)F)CC1.Cl. The highest BCUT2D eigenvalue weighted by Crippen LogP contribution is 2.43. The Morgan fingerprint density at radius 1 is 1.03 bits per heavy atom. The third-order valence-corrected chi connectivity index (χ3v) is 6.46. The third-order valence-electron chi connectivity index (χ3n) is 6.46.